The maximum absolute atomic E-state index is 13.7. The lowest BCUT2D eigenvalue weighted by Crippen LogP contribution is -2.32. The molecule has 4 nitrogen and oxygen atoms in total. The van der Waals surface area contributed by atoms with Crippen molar-refractivity contribution in [2.75, 3.05) is 0 Å². The lowest BCUT2D eigenvalue weighted by Gasteiger charge is -2.20. The van der Waals surface area contributed by atoms with Gasteiger partial charge in [0, 0.05) is 24.5 Å². The molecule has 3 aromatic rings. The van der Waals surface area contributed by atoms with E-state index in [2.05, 4.69) is 10.3 Å². The Kier molecular flexibility index (Phi) is 5.18. The van der Waals surface area contributed by atoms with E-state index in [1.165, 1.54) is 0 Å². The van der Waals surface area contributed by atoms with Crippen molar-refractivity contribution in [2.45, 2.75) is 19.0 Å². The van der Waals surface area contributed by atoms with Gasteiger partial charge in [0.1, 0.15) is 11.6 Å². The van der Waals surface area contributed by atoms with E-state index in [0.717, 1.165) is 23.8 Å². The number of hydrogen-bond acceptors (Lipinski definition) is 2. The second-order valence-corrected chi connectivity index (χ2v) is 5.70. The Balaban J connectivity index is 1.75. The number of imidazole rings is 1. The fraction of sp³-hybridized carbons (Fsp3) is 0.158. The molecule has 1 atom stereocenters. The molecule has 0 aliphatic rings. The van der Waals surface area contributed by atoms with Crippen molar-refractivity contribution < 1.29 is 13.6 Å². The summed E-state index contributed by atoms with van der Waals surface area (Å²) in [5.74, 6) is -1.54. The van der Waals surface area contributed by atoms with E-state index < -0.39 is 11.6 Å². The molecule has 0 fully saturated rings. The first-order valence-corrected chi connectivity index (χ1v) is 7.86. The van der Waals surface area contributed by atoms with Crippen molar-refractivity contribution in [3.8, 4) is 0 Å². The van der Waals surface area contributed by atoms with Gasteiger partial charge in [-0.15, -0.1) is 0 Å². The Morgan fingerprint density at radius 1 is 1.16 bits per heavy atom. The van der Waals surface area contributed by atoms with Gasteiger partial charge in [0.15, 0.2) is 0 Å². The molecule has 0 bridgehead atoms. The number of amides is 1. The van der Waals surface area contributed by atoms with Crippen LogP contribution in [-0.2, 0) is 17.8 Å². The van der Waals surface area contributed by atoms with Crippen LogP contribution in [0.2, 0.25) is 0 Å². The summed E-state index contributed by atoms with van der Waals surface area (Å²) in [6.07, 6.45) is 4.89. The Labute approximate surface area is 144 Å². The second-order valence-electron chi connectivity index (χ2n) is 5.70. The summed E-state index contributed by atoms with van der Waals surface area (Å²) in [5, 5.41) is 2.89. The molecule has 2 aromatic carbocycles. The third kappa shape index (κ3) is 4.50. The first-order valence-electron chi connectivity index (χ1n) is 7.86. The number of halogens is 2. The maximum atomic E-state index is 13.7. The lowest BCUT2D eigenvalue weighted by molar-refractivity contribution is -0.121. The fourth-order valence-corrected chi connectivity index (χ4v) is 2.62. The number of nitrogens with zero attached hydrogens (tertiary/aromatic N) is 2. The van der Waals surface area contributed by atoms with E-state index in [1.807, 2.05) is 34.9 Å². The zero-order valence-corrected chi connectivity index (χ0v) is 13.4. The molecule has 0 unspecified atom stereocenters. The zero-order chi connectivity index (χ0) is 17.6. The normalized spacial score (nSPS) is 11.9. The van der Waals surface area contributed by atoms with Crippen molar-refractivity contribution in [3.05, 3.63) is 90.0 Å². The van der Waals surface area contributed by atoms with Gasteiger partial charge in [-0.25, -0.2) is 13.8 Å². The highest BCUT2D eigenvalue weighted by Crippen LogP contribution is 2.16. The Hall–Kier alpha value is -3.02. The van der Waals surface area contributed by atoms with Crippen LogP contribution in [0.25, 0.3) is 0 Å². The molecular formula is C19H17F2N3O. The van der Waals surface area contributed by atoms with Crippen molar-refractivity contribution in [1.29, 1.82) is 0 Å². The molecule has 1 N–H and O–H groups in total. The molecule has 0 radical (unpaired) electrons. The number of rotatable bonds is 6. The standard InChI is InChI=1S/C19H17F2N3O/c20-16-6-7-17(21)15(10-16)11-19(25)23-18(12-24-9-8-22-13-24)14-4-2-1-3-5-14/h1-10,13,18H,11-12H2,(H,23,25)/t18-/m0/s1. The van der Waals surface area contributed by atoms with Gasteiger partial charge in [-0.3, -0.25) is 4.79 Å². The minimum Gasteiger partial charge on any atom is -0.347 e. The van der Waals surface area contributed by atoms with E-state index in [-0.39, 0.29) is 23.9 Å². The van der Waals surface area contributed by atoms with Crippen molar-refractivity contribution in [2.24, 2.45) is 0 Å². The third-order valence-electron chi connectivity index (χ3n) is 3.85. The van der Waals surface area contributed by atoms with Gasteiger partial charge in [0.2, 0.25) is 5.91 Å². The van der Waals surface area contributed by atoms with Crippen molar-refractivity contribution >= 4 is 5.91 Å². The maximum Gasteiger partial charge on any atom is 0.225 e. The Morgan fingerprint density at radius 3 is 2.68 bits per heavy atom. The summed E-state index contributed by atoms with van der Waals surface area (Å²) >= 11 is 0. The minimum atomic E-state index is -0.595. The smallest absolute Gasteiger partial charge is 0.225 e. The first-order chi connectivity index (χ1) is 12.1. The highest BCUT2D eigenvalue weighted by molar-refractivity contribution is 5.79. The van der Waals surface area contributed by atoms with E-state index in [4.69, 9.17) is 0 Å². The van der Waals surface area contributed by atoms with E-state index >= 15 is 0 Å². The van der Waals surface area contributed by atoms with Gasteiger partial charge in [-0.2, -0.15) is 0 Å². The van der Waals surface area contributed by atoms with E-state index in [9.17, 15) is 13.6 Å². The number of carbonyl (C=O) groups excluding carboxylic acids is 1. The predicted octanol–water partition coefficient (Wildman–Crippen LogP) is 3.26. The van der Waals surface area contributed by atoms with Crippen LogP contribution in [0.15, 0.2) is 67.3 Å². The van der Waals surface area contributed by atoms with E-state index in [1.54, 1.807) is 18.7 Å². The molecule has 3 rings (SSSR count). The summed E-state index contributed by atoms with van der Waals surface area (Å²) in [6.45, 7) is 0.487. The molecule has 0 saturated carbocycles. The molecule has 1 amide bonds. The summed E-state index contributed by atoms with van der Waals surface area (Å²) in [5.41, 5.74) is 0.955. The highest BCUT2D eigenvalue weighted by atomic mass is 19.1. The van der Waals surface area contributed by atoms with Gasteiger partial charge in [0.25, 0.3) is 0 Å². The average Bonchev–Trinajstić information content (AvgIpc) is 3.11. The van der Waals surface area contributed by atoms with Crippen LogP contribution in [0.3, 0.4) is 0 Å². The fourth-order valence-electron chi connectivity index (χ4n) is 2.62. The minimum absolute atomic E-state index is 0.0342. The quantitative estimate of drug-likeness (QED) is 0.748. The third-order valence-corrected chi connectivity index (χ3v) is 3.85. The molecule has 0 spiro atoms. The molecule has 25 heavy (non-hydrogen) atoms. The molecule has 0 aliphatic heterocycles. The second kappa shape index (κ2) is 7.70. The molecule has 0 saturated heterocycles. The Morgan fingerprint density at radius 2 is 1.96 bits per heavy atom. The van der Waals surface area contributed by atoms with Gasteiger partial charge in [-0.1, -0.05) is 30.3 Å². The van der Waals surface area contributed by atoms with Crippen LogP contribution < -0.4 is 5.32 Å². The van der Waals surface area contributed by atoms with Crippen LogP contribution in [0, 0.1) is 11.6 Å². The molecular weight excluding hydrogens is 324 g/mol. The number of carbonyl (C=O) groups is 1. The van der Waals surface area contributed by atoms with Crippen LogP contribution in [0.1, 0.15) is 17.2 Å². The number of nitrogens with one attached hydrogen (secondary N) is 1. The summed E-state index contributed by atoms with van der Waals surface area (Å²) in [6, 6.07) is 12.3. The summed E-state index contributed by atoms with van der Waals surface area (Å²) in [4.78, 5) is 16.4. The lowest BCUT2D eigenvalue weighted by atomic mass is 10.1. The van der Waals surface area contributed by atoms with Crippen LogP contribution in [0.5, 0.6) is 0 Å². The largest absolute Gasteiger partial charge is 0.347 e. The van der Waals surface area contributed by atoms with Gasteiger partial charge in [-0.05, 0) is 23.8 Å². The topological polar surface area (TPSA) is 46.9 Å². The van der Waals surface area contributed by atoms with Crippen LogP contribution >= 0.6 is 0 Å². The SMILES string of the molecule is O=C(Cc1cc(F)ccc1F)N[C@@H](Cn1ccnc1)c1ccccc1. The van der Waals surface area contributed by atoms with Crippen molar-refractivity contribution in [1.82, 2.24) is 14.9 Å². The number of hydrogen-bond donors (Lipinski definition) is 1. The summed E-state index contributed by atoms with van der Waals surface area (Å²) < 4.78 is 28.9. The van der Waals surface area contributed by atoms with Crippen LogP contribution in [-0.4, -0.2) is 15.5 Å². The summed E-state index contributed by atoms with van der Waals surface area (Å²) in [7, 11) is 0. The molecule has 0 aliphatic carbocycles. The average molecular weight is 341 g/mol. The Bertz CT molecular complexity index is 835. The molecule has 1 heterocycles. The highest BCUT2D eigenvalue weighted by Gasteiger charge is 2.17. The first kappa shape index (κ1) is 16.8. The molecule has 6 heteroatoms. The molecule has 1 aromatic heterocycles. The van der Waals surface area contributed by atoms with Crippen LogP contribution in [0.4, 0.5) is 8.78 Å². The molecule has 128 valence electrons. The predicted molar refractivity (Wildman–Crippen MR) is 89.6 cm³/mol. The van der Waals surface area contributed by atoms with Crippen molar-refractivity contribution in [3.63, 3.8) is 0 Å². The van der Waals surface area contributed by atoms with Gasteiger partial charge < -0.3 is 9.88 Å². The zero-order valence-electron chi connectivity index (χ0n) is 13.4. The van der Waals surface area contributed by atoms with E-state index in [0.29, 0.717) is 6.54 Å². The number of benzene rings is 2. The van der Waals surface area contributed by atoms with Gasteiger partial charge in [0.05, 0.1) is 18.8 Å². The number of aromatic nitrogens is 2. The monoisotopic (exact) mass is 341 g/mol. The van der Waals surface area contributed by atoms with Gasteiger partial charge >= 0.3 is 0 Å².